The number of pyridine rings is 1. The van der Waals surface area contributed by atoms with Gasteiger partial charge in [0.2, 0.25) is 5.88 Å². The lowest BCUT2D eigenvalue weighted by molar-refractivity contribution is 0.416. The Morgan fingerprint density at radius 3 is 2.48 bits per heavy atom. The first kappa shape index (κ1) is 15.5. The van der Waals surface area contributed by atoms with Crippen molar-refractivity contribution in [2.75, 3.05) is 0 Å². The molecule has 3 nitrogen and oxygen atoms in total. The molecular weight excluding hydrogens is 260 g/mol. The highest BCUT2D eigenvalue weighted by atomic mass is 16.5. The molecule has 3 heteroatoms. The Morgan fingerprint density at radius 2 is 1.81 bits per heavy atom. The summed E-state index contributed by atoms with van der Waals surface area (Å²) >= 11 is 0. The van der Waals surface area contributed by atoms with Crippen LogP contribution in [0.15, 0.2) is 36.4 Å². The summed E-state index contributed by atoms with van der Waals surface area (Å²) in [5, 5.41) is 3.43. The van der Waals surface area contributed by atoms with Crippen molar-refractivity contribution in [3.05, 3.63) is 53.2 Å². The molecule has 1 aromatic carbocycles. The maximum absolute atomic E-state index is 5.85. The monoisotopic (exact) mass is 284 g/mol. The molecule has 1 aromatic heterocycles. The Morgan fingerprint density at radius 1 is 1.05 bits per heavy atom. The van der Waals surface area contributed by atoms with E-state index in [0.717, 1.165) is 18.0 Å². The molecule has 2 aromatic rings. The minimum Gasteiger partial charge on any atom is -0.439 e. The lowest BCUT2D eigenvalue weighted by Gasteiger charge is -2.20. The molecule has 0 aliphatic heterocycles. The van der Waals surface area contributed by atoms with Gasteiger partial charge in [0.1, 0.15) is 5.75 Å². The second-order valence-electron chi connectivity index (χ2n) is 6.42. The zero-order valence-corrected chi connectivity index (χ0v) is 13.5. The van der Waals surface area contributed by atoms with E-state index >= 15 is 0 Å². The second kappa shape index (κ2) is 6.27. The van der Waals surface area contributed by atoms with Crippen LogP contribution in [0.2, 0.25) is 0 Å². The number of nitrogens with one attached hydrogen (secondary N) is 1. The predicted octanol–water partition coefficient (Wildman–Crippen LogP) is 4.38. The molecule has 21 heavy (non-hydrogen) atoms. The van der Waals surface area contributed by atoms with E-state index < -0.39 is 0 Å². The van der Waals surface area contributed by atoms with Gasteiger partial charge in [-0.1, -0.05) is 12.1 Å². The number of aryl methyl sites for hydroxylation is 2. The first-order chi connectivity index (χ1) is 9.83. The molecular formula is C18H24N2O. The number of ether oxygens (including phenoxy) is 1. The van der Waals surface area contributed by atoms with Gasteiger partial charge in [-0.3, -0.25) is 0 Å². The van der Waals surface area contributed by atoms with Crippen molar-refractivity contribution in [2.24, 2.45) is 0 Å². The van der Waals surface area contributed by atoms with E-state index in [1.807, 2.05) is 30.3 Å². The van der Waals surface area contributed by atoms with Crippen LogP contribution in [-0.2, 0) is 6.54 Å². The number of hydrogen-bond donors (Lipinski definition) is 1. The molecule has 0 radical (unpaired) electrons. The van der Waals surface area contributed by atoms with Gasteiger partial charge in [-0.15, -0.1) is 0 Å². The van der Waals surface area contributed by atoms with Gasteiger partial charge in [-0.2, -0.15) is 0 Å². The van der Waals surface area contributed by atoms with Gasteiger partial charge in [0, 0.05) is 18.2 Å². The smallest absolute Gasteiger partial charge is 0.219 e. The van der Waals surface area contributed by atoms with E-state index in [2.05, 4.69) is 51.0 Å². The van der Waals surface area contributed by atoms with E-state index in [4.69, 9.17) is 4.74 Å². The topological polar surface area (TPSA) is 34.1 Å². The van der Waals surface area contributed by atoms with Crippen molar-refractivity contribution in [1.82, 2.24) is 10.3 Å². The first-order valence-electron chi connectivity index (χ1n) is 7.29. The van der Waals surface area contributed by atoms with Crippen molar-refractivity contribution >= 4 is 0 Å². The van der Waals surface area contributed by atoms with Gasteiger partial charge in [0.15, 0.2) is 0 Å². The molecule has 0 spiro atoms. The molecule has 0 saturated heterocycles. The van der Waals surface area contributed by atoms with Gasteiger partial charge in [-0.05, 0) is 63.9 Å². The van der Waals surface area contributed by atoms with E-state index in [1.165, 1.54) is 11.1 Å². The zero-order chi connectivity index (χ0) is 15.5. The normalized spacial score (nSPS) is 11.5. The quantitative estimate of drug-likeness (QED) is 0.904. The number of nitrogens with zero attached hydrogens (tertiary/aromatic N) is 1. The van der Waals surface area contributed by atoms with Gasteiger partial charge in [-0.25, -0.2) is 4.98 Å². The molecule has 0 fully saturated rings. The van der Waals surface area contributed by atoms with Crippen LogP contribution < -0.4 is 10.1 Å². The maximum Gasteiger partial charge on any atom is 0.219 e. The Labute approximate surface area is 127 Å². The summed E-state index contributed by atoms with van der Waals surface area (Å²) in [6, 6.07) is 11.9. The van der Waals surface area contributed by atoms with Gasteiger partial charge < -0.3 is 10.1 Å². The Hall–Kier alpha value is -1.87. The number of aromatic nitrogens is 1. The van der Waals surface area contributed by atoms with Crippen molar-refractivity contribution in [3.8, 4) is 11.6 Å². The third kappa shape index (κ3) is 4.87. The summed E-state index contributed by atoms with van der Waals surface area (Å²) in [5.41, 5.74) is 3.54. The summed E-state index contributed by atoms with van der Waals surface area (Å²) in [6.07, 6.45) is 0. The Kier molecular flexibility index (Phi) is 4.63. The average Bonchev–Trinajstić information content (AvgIpc) is 2.40. The lowest BCUT2D eigenvalue weighted by atomic mass is 10.1. The fourth-order valence-electron chi connectivity index (χ4n) is 1.87. The minimum atomic E-state index is 0.0760. The molecule has 112 valence electrons. The van der Waals surface area contributed by atoms with Crippen LogP contribution in [0, 0.1) is 13.8 Å². The first-order valence-corrected chi connectivity index (χ1v) is 7.29. The third-order valence-electron chi connectivity index (χ3n) is 3.28. The van der Waals surface area contributed by atoms with E-state index in [1.54, 1.807) is 0 Å². The number of rotatable bonds is 4. The van der Waals surface area contributed by atoms with Crippen LogP contribution in [0.1, 0.15) is 37.6 Å². The average molecular weight is 284 g/mol. The van der Waals surface area contributed by atoms with Crippen LogP contribution in [0.5, 0.6) is 11.6 Å². The van der Waals surface area contributed by atoms with E-state index in [9.17, 15) is 0 Å². The molecule has 0 bridgehead atoms. The van der Waals surface area contributed by atoms with Crippen molar-refractivity contribution in [1.29, 1.82) is 0 Å². The third-order valence-corrected chi connectivity index (χ3v) is 3.28. The fraction of sp³-hybridized carbons (Fsp3) is 0.389. The van der Waals surface area contributed by atoms with Crippen molar-refractivity contribution in [3.63, 3.8) is 0 Å². The molecule has 0 unspecified atom stereocenters. The largest absolute Gasteiger partial charge is 0.439 e. The van der Waals surface area contributed by atoms with Gasteiger partial charge in [0.05, 0.1) is 5.69 Å². The fourth-order valence-corrected chi connectivity index (χ4v) is 1.87. The van der Waals surface area contributed by atoms with Crippen LogP contribution >= 0.6 is 0 Å². The number of hydrogen-bond acceptors (Lipinski definition) is 3. The van der Waals surface area contributed by atoms with Gasteiger partial charge in [0.25, 0.3) is 0 Å². The van der Waals surface area contributed by atoms with Crippen LogP contribution in [-0.4, -0.2) is 10.5 Å². The summed E-state index contributed by atoms with van der Waals surface area (Å²) in [4.78, 5) is 4.54. The highest BCUT2D eigenvalue weighted by Crippen LogP contribution is 2.22. The minimum absolute atomic E-state index is 0.0760. The molecule has 0 amide bonds. The highest BCUT2D eigenvalue weighted by Gasteiger charge is 2.09. The molecule has 1 N–H and O–H groups in total. The predicted molar refractivity (Wildman–Crippen MR) is 86.8 cm³/mol. The van der Waals surface area contributed by atoms with E-state index in [-0.39, 0.29) is 5.54 Å². The zero-order valence-electron chi connectivity index (χ0n) is 13.5. The molecule has 1 heterocycles. The SMILES string of the molecule is Cc1ccc(Oc2cccc(CNC(C)(C)C)n2)cc1C. The van der Waals surface area contributed by atoms with Crippen LogP contribution in [0.25, 0.3) is 0 Å². The molecule has 0 aliphatic rings. The molecule has 2 rings (SSSR count). The highest BCUT2D eigenvalue weighted by molar-refractivity contribution is 5.36. The summed E-state index contributed by atoms with van der Waals surface area (Å²) < 4.78 is 5.85. The molecule has 0 saturated carbocycles. The summed E-state index contributed by atoms with van der Waals surface area (Å²) in [6.45, 7) is 11.3. The molecule has 0 atom stereocenters. The van der Waals surface area contributed by atoms with Crippen molar-refractivity contribution in [2.45, 2.75) is 46.7 Å². The van der Waals surface area contributed by atoms with Gasteiger partial charge >= 0.3 is 0 Å². The lowest BCUT2D eigenvalue weighted by Crippen LogP contribution is -2.35. The van der Waals surface area contributed by atoms with E-state index in [0.29, 0.717) is 5.88 Å². The summed E-state index contributed by atoms with van der Waals surface area (Å²) in [7, 11) is 0. The maximum atomic E-state index is 5.85. The molecule has 0 aliphatic carbocycles. The summed E-state index contributed by atoms with van der Waals surface area (Å²) in [5.74, 6) is 1.46. The Balaban J connectivity index is 2.08. The standard InChI is InChI=1S/C18H24N2O/c1-13-9-10-16(11-14(13)2)21-17-8-6-7-15(20-17)12-19-18(3,4)5/h6-11,19H,12H2,1-5H3. The van der Waals surface area contributed by atoms with Crippen LogP contribution in [0.4, 0.5) is 0 Å². The second-order valence-corrected chi connectivity index (χ2v) is 6.42. The van der Waals surface area contributed by atoms with Crippen molar-refractivity contribution < 1.29 is 4.74 Å². The van der Waals surface area contributed by atoms with Crippen LogP contribution in [0.3, 0.4) is 0 Å². The Bertz CT molecular complexity index is 615. The number of benzene rings is 1.